The van der Waals surface area contributed by atoms with Crippen LogP contribution in [-0.4, -0.2) is 56.1 Å². The molecule has 1 unspecified atom stereocenters. The molecule has 7 heteroatoms. The maximum absolute atomic E-state index is 4.45. The van der Waals surface area contributed by atoms with Crippen molar-refractivity contribution in [2.75, 3.05) is 34.2 Å². The number of thiazole rings is 1. The van der Waals surface area contributed by atoms with Crippen molar-refractivity contribution < 1.29 is 0 Å². The van der Waals surface area contributed by atoms with Crippen LogP contribution in [0.2, 0.25) is 0 Å². The summed E-state index contributed by atoms with van der Waals surface area (Å²) in [6.07, 6.45) is 6.73. The first-order chi connectivity index (χ1) is 10.6. The van der Waals surface area contributed by atoms with Gasteiger partial charge < -0.3 is 15.5 Å². The van der Waals surface area contributed by atoms with Crippen LogP contribution < -0.4 is 10.6 Å². The van der Waals surface area contributed by atoms with Gasteiger partial charge in [0.05, 0.1) is 5.01 Å². The lowest BCUT2D eigenvalue weighted by molar-refractivity contribution is 0.264. The predicted molar refractivity (Wildman–Crippen MR) is 110 cm³/mol. The summed E-state index contributed by atoms with van der Waals surface area (Å²) in [4.78, 5) is 12.4. The second-order valence-corrected chi connectivity index (χ2v) is 7.27. The molecule has 0 saturated heterocycles. The average Bonchev–Trinajstić information content (AvgIpc) is 3.23. The SMILES string of the molecule is CCc1cnc(CCNC(=NC)NCC(C2CC2)N(C)C)s1.I. The molecule has 0 aliphatic heterocycles. The number of aryl methyl sites for hydroxylation is 1. The summed E-state index contributed by atoms with van der Waals surface area (Å²) in [5, 5.41) is 8.04. The molecular formula is C16H30IN5S. The van der Waals surface area contributed by atoms with E-state index in [0.717, 1.165) is 37.8 Å². The summed E-state index contributed by atoms with van der Waals surface area (Å²) in [7, 11) is 6.15. The number of hydrogen-bond acceptors (Lipinski definition) is 4. The molecule has 23 heavy (non-hydrogen) atoms. The summed E-state index contributed by atoms with van der Waals surface area (Å²) in [5.74, 6) is 1.74. The van der Waals surface area contributed by atoms with Crippen molar-refractivity contribution in [3.63, 3.8) is 0 Å². The maximum atomic E-state index is 4.45. The van der Waals surface area contributed by atoms with Gasteiger partial charge >= 0.3 is 0 Å². The molecule has 1 aliphatic carbocycles. The lowest BCUT2D eigenvalue weighted by atomic mass is 10.1. The van der Waals surface area contributed by atoms with Gasteiger partial charge in [0.15, 0.2) is 5.96 Å². The molecule has 1 fully saturated rings. The van der Waals surface area contributed by atoms with Gasteiger partial charge in [-0.25, -0.2) is 4.98 Å². The number of nitrogens with one attached hydrogen (secondary N) is 2. The molecule has 0 spiro atoms. The maximum Gasteiger partial charge on any atom is 0.191 e. The van der Waals surface area contributed by atoms with Gasteiger partial charge in [-0.1, -0.05) is 6.92 Å². The van der Waals surface area contributed by atoms with E-state index in [4.69, 9.17) is 0 Å². The van der Waals surface area contributed by atoms with E-state index in [1.807, 2.05) is 24.6 Å². The van der Waals surface area contributed by atoms with Crippen molar-refractivity contribution in [1.29, 1.82) is 0 Å². The lowest BCUT2D eigenvalue weighted by Crippen LogP contribution is -2.46. The highest BCUT2D eigenvalue weighted by Crippen LogP contribution is 2.34. The number of guanidine groups is 1. The van der Waals surface area contributed by atoms with Crippen LogP contribution in [0, 0.1) is 5.92 Å². The number of rotatable bonds is 8. The quantitative estimate of drug-likeness (QED) is 0.362. The van der Waals surface area contributed by atoms with Gasteiger partial charge in [-0.2, -0.15) is 0 Å². The van der Waals surface area contributed by atoms with Crippen molar-refractivity contribution in [3.05, 3.63) is 16.1 Å². The Morgan fingerprint density at radius 3 is 2.70 bits per heavy atom. The zero-order chi connectivity index (χ0) is 15.9. The molecule has 5 nitrogen and oxygen atoms in total. The summed E-state index contributed by atoms with van der Waals surface area (Å²) in [6.45, 7) is 3.99. The van der Waals surface area contributed by atoms with Crippen LogP contribution >= 0.6 is 35.3 Å². The molecule has 2 N–H and O–H groups in total. The second kappa shape index (κ2) is 10.5. The van der Waals surface area contributed by atoms with Crippen molar-refractivity contribution in [3.8, 4) is 0 Å². The van der Waals surface area contributed by atoms with E-state index < -0.39 is 0 Å². The minimum atomic E-state index is 0. The molecule has 1 aromatic heterocycles. The van der Waals surface area contributed by atoms with Gasteiger partial charge in [0.2, 0.25) is 0 Å². The van der Waals surface area contributed by atoms with Gasteiger partial charge in [-0.3, -0.25) is 4.99 Å². The number of aromatic nitrogens is 1. The fourth-order valence-corrected chi connectivity index (χ4v) is 3.45. The highest BCUT2D eigenvalue weighted by atomic mass is 127. The van der Waals surface area contributed by atoms with Crippen LogP contribution in [0.5, 0.6) is 0 Å². The van der Waals surface area contributed by atoms with Crippen LogP contribution in [0.15, 0.2) is 11.2 Å². The Balaban J connectivity index is 0.00000264. The number of aliphatic imine (C=N–C) groups is 1. The van der Waals surface area contributed by atoms with Crippen LogP contribution in [-0.2, 0) is 12.8 Å². The fraction of sp³-hybridized carbons (Fsp3) is 0.750. The average molecular weight is 451 g/mol. The predicted octanol–water partition coefficient (Wildman–Crippen LogP) is 2.37. The smallest absolute Gasteiger partial charge is 0.191 e. The lowest BCUT2D eigenvalue weighted by Gasteiger charge is -2.25. The number of likely N-dealkylation sites (N-methyl/N-ethyl adjacent to an activating group) is 1. The van der Waals surface area contributed by atoms with Crippen molar-refractivity contribution in [1.82, 2.24) is 20.5 Å². The largest absolute Gasteiger partial charge is 0.356 e. The zero-order valence-corrected chi connectivity index (χ0v) is 17.8. The molecule has 1 aliphatic rings. The minimum absolute atomic E-state index is 0. The summed E-state index contributed by atoms with van der Waals surface area (Å²) in [6, 6.07) is 0.602. The molecule has 1 atom stereocenters. The van der Waals surface area contributed by atoms with Crippen LogP contribution in [0.3, 0.4) is 0 Å². The highest BCUT2D eigenvalue weighted by Gasteiger charge is 2.32. The first-order valence-corrected chi connectivity index (χ1v) is 9.00. The van der Waals surface area contributed by atoms with Crippen LogP contribution in [0.1, 0.15) is 29.7 Å². The van der Waals surface area contributed by atoms with Gasteiger partial charge in [-0.05, 0) is 39.3 Å². The molecule has 1 saturated carbocycles. The van der Waals surface area contributed by atoms with E-state index in [2.05, 4.69) is 46.5 Å². The van der Waals surface area contributed by atoms with E-state index in [0.29, 0.717) is 6.04 Å². The normalized spacial score (nSPS) is 16.1. The highest BCUT2D eigenvalue weighted by molar-refractivity contribution is 14.0. The van der Waals surface area contributed by atoms with Crippen LogP contribution in [0.4, 0.5) is 0 Å². The number of hydrogen-bond donors (Lipinski definition) is 2. The molecule has 1 aromatic rings. The Morgan fingerprint density at radius 1 is 1.43 bits per heavy atom. The van der Waals surface area contributed by atoms with Crippen molar-refractivity contribution in [2.45, 2.75) is 38.6 Å². The first kappa shape index (κ1) is 20.6. The third kappa shape index (κ3) is 6.93. The first-order valence-electron chi connectivity index (χ1n) is 8.18. The fourth-order valence-electron chi connectivity index (χ4n) is 2.59. The Kier molecular flexibility index (Phi) is 9.38. The Labute approximate surface area is 161 Å². The number of nitrogens with zero attached hydrogens (tertiary/aromatic N) is 3. The molecule has 132 valence electrons. The monoisotopic (exact) mass is 451 g/mol. The molecule has 0 amide bonds. The molecule has 1 heterocycles. The summed E-state index contributed by atoms with van der Waals surface area (Å²) >= 11 is 1.81. The van der Waals surface area contributed by atoms with E-state index in [9.17, 15) is 0 Å². The second-order valence-electron chi connectivity index (χ2n) is 6.07. The topological polar surface area (TPSA) is 52.6 Å². The summed E-state index contributed by atoms with van der Waals surface area (Å²) < 4.78 is 0. The molecular weight excluding hydrogens is 421 g/mol. The van der Waals surface area contributed by atoms with Crippen molar-refractivity contribution in [2.24, 2.45) is 10.9 Å². The Hall–Kier alpha value is -0.410. The number of halogens is 1. The summed E-state index contributed by atoms with van der Waals surface area (Å²) in [5.41, 5.74) is 0. The zero-order valence-electron chi connectivity index (χ0n) is 14.6. The molecule has 0 bridgehead atoms. The molecule has 0 aromatic carbocycles. The Morgan fingerprint density at radius 2 is 2.17 bits per heavy atom. The molecule has 0 radical (unpaired) electrons. The van der Waals surface area contributed by atoms with E-state index in [-0.39, 0.29) is 24.0 Å². The van der Waals surface area contributed by atoms with Gasteiger partial charge in [0, 0.05) is 43.7 Å². The third-order valence-corrected chi connectivity index (χ3v) is 5.31. The van der Waals surface area contributed by atoms with E-state index in [1.54, 1.807) is 0 Å². The molecule has 2 rings (SSSR count). The van der Waals surface area contributed by atoms with E-state index >= 15 is 0 Å². The minimum Gasteiger partial charge on any atom is -0.356 e. The van der Waals surface area contributed by atoms with Crippen molar-refractivity contribution >= 4 is 41.3 Å². The standard InChI is InChI=1S/C16H29N5S.HI/c1-5-13-10-19-15(22-13)8-9-18-16(17-2)20-11-14(21(3)4)12-6-7-12;/h10,12,14H,5-9,11H2,1-4H3,(H2,17,18,20);1H. The van der Waals surface area contributed by atoms with Gasteiger partial charge in [0.25, 0.3) is 0 Å². The van der Waals surface area contributed by atoms with Crippen LogP contribution in [0.25, 0.3) is 0 Å². The van der Waals surface area contributed by atoms with E-state index in [1.165, 1.54) is 22.7 Å². The Bertz CT molecular complexity index is 483. The van der Waals surface area contributed by atoms with Gasteiger partial charge in [-0.15, -0.1) is 35.3 Å². The third-order valence-electron chi connectivity index (χ3n) is 4.11. The van der Waals surface area contributed by atoms with Gasteiger partial charge in [0.1, 0.15) is 0 Å².